The molecule has 1 saturated heterocycles. The highest BCUT2D eigenvalue weighted by molar-refractivity contribution is 5.79. The smallest absolute Gasteiger partial charge is 0.261 e. The molecule has 2 aromatic carbocycles. The second-order valence-electron chi connectivity index (χ2n) is 9.07. The van der Waals surface area contributed by atoms with Crippen molar-refractivity contribution in [1.82, 2.24) is 20.4 Å². The summed E-state index contributed by atoms with van der Waals surface area (Å²) >= 11 is 0. The lowest BCUT2D eigenvalue weighted by atomic mass is 9.95. The van der Waals surface area contributed by atoms with Crippen molar-refractivity contribution in [1.29, 1.82) is 0 Å². The number of pyridine rings is 1. The predicted octanol–water partition coefficient (Wildman–Crippen LogP) is 5.20. The van der Waals surface area contributed by atoms with Crippen LogP contribution in [0.2, 0.25) is 0 Å². The van der Waals surface area contributed by atoms with E-state index >= 15 is 0 Å². The monoisotopic (exact) mass is 467 g/mol. The molecular formula is C28H29N5O2. The van der Waals surface area contributed by atoms with E-state index in [1.54, 1.807) is 6.20 Å². The van der Waals surface area contributed by atoms with E-state index in [0.717, 1.165) is 48.4 Å². The largest absolute Gasteiger partial charge is 0.356 e. The van der Waals surface area contributed by atoms with E-state index in [1.807, 2.05) is 80.6 Å². The summed E-state index contributed by atoms with van der Waals surface area (Å²) in [5.74, 6) is 1.91. The molecule has 1 atom stereocenters. The van der Waals surface area contributed by atoms with Crippen LogP contribution in [0, 0.1) is 12.8 Å². The molecule has 0 aliphatic carbocycles. The van der Waals surface area contributed by atoms with Crippen LogP contribution < -0.4 is 10.2 Å². The lowest BCUT2D eigenvalue weighted by molar-refractivity contribution is -0.126. The molecule has 1 amide bonds. The van der Waals surface area contributed by atoms with Gasteiger partial charge in [-0.15, -0.1) is 0 Å². The summed E-state index contributed by atoms with van der Waals surface area (Å²) < 4.78 is 5.62. The van der Waals surface area contributed by atoms with Crippen LogP contribution in [0.3, 0.4) is 0 Å². The van der Waals surface area contributed by atoms with Crippen molar-refractivity contribution in [2.24, 2.45) is 5.92 Å². The Morgan fingerprint density at radius 1 is 1.03 bits per heavy atom. The summed E-state index contributed by atoms with van der Waals surface area (Å²) in [5, 5.41) is 7.35. The average molecular weight is 468 g/mol. The zero-order valence-corrected chi connectivity index (χ0v) is 20.0. The summed E-state index contributed by atoms with van der Waals surface area (Å²) in [6.45, 7) is 5.55. The average Bonchev–Trinajstić information content (AvgIpc) is 3.40. The minimum atomic E-state index is -0.0129. The molecule has 0 unspecified atom stereocenters. The Labute approximate surface area is 205 Å². The number of carbonyl (C=O) groups is 1. The first-order chi connectivity index (χ1) is 17.1. The quantitative estimate of drug-likeness (QED) is 0.420. The van der Waals surface area contributed by atoms with E-state index in [1.165, 1.54) is 5.56 Å². The van der Waals surface area contributed by atoms with Crippen molar-refractivity contribution < 1.29 is 9.32 Å². The number of benzene rings is 2. The number of aromatic nitrogens is 3. The van der Waals surface area contributed by atoms with Gasteiger partial charge in [0.1, 0.15) is 5.82 Å². The Morgan fingerprint density at radius 2 is 1.77 bits per heavy atom. The molecule has 0 saturated carbocycles. The number of nitrogens with one attached hydrogen (secondary N) is 1. The molecule has 0 spiro atoms. The standard InChI is InChI=1S/C28H29N5O2/c1-19-10-12-22(13-11-19)25-31-28(35-32-25)24-9-6-16-29-26(24)33-17-14-23(15-18-33)27(34)30-20(2)21-7-4-3-5-8-21/h3-13,16,20,23H,14-15,17-18H2,1-2H3,(H,30,34)/t20-/m1/s1. The Morgan fingerprint density at radius 3 is 2.51 bits per heavy atom. The molecule has 1 aliphatic heterocycles. The van der Waals surface area contributed by atoms with Gasteiger partial charge in [0.05, 0.1) is 11.6 Å². The van der Waals surface area contributed by atoms with E-state index in [0.29, 0.717) is 11.7 Å². The first-order valence-corrected chi connectivity index (χ1v) is 12.0. The van der Waals surface area contributed by atoms with E-state index in [4.69, 9.17) is 4.52 Å². The Bertz CT molecular complexity index is 1280. The van der Waals surface area contributed by atoms with E-state index < -0.39 is 0 Å². The zero-order chi connectivity index (χ0) is 24.2. The normalized spacial score (nSPS) is 15.1. The van der Waals surface area contributed by atoms with Crippen LogP contribution in [0.5, 0.6) is 0 Å². The third kappa shape index (κ3) is 5.09. The topological polar surface area (TPSA) is 84.2 Å². The van der Waals surface area contributed by atoms with Crippen LogP contribution in [-0.4, -0.2) is 34.1 Å². The molecule has 7 heteroatoms. The van der Waals surface area contributed by atoms with Crippen LogP contribution in [0.1, 0.15) is 36.9 Å². The lowest BCUT2D eigenvalue weighted by Gasteiger charge is -2.33. The first kappa shape index (κ1) is 22.8. The molecule has 1 aliphatic rings. The molecule has 3 heterocycles. The molecule has 35 heavy (non-hydrogen) atoms. The third-order valence-corrected chi connectivity index (χ3v) is 6.58. The van der Waals surface area contributed by atoms with Crippen LogP contribution in [-0.2, 0) is 4.79 Å². The van der Waals surface area contributed by atoms with Gasteiger partial charge in [-0.2, -0.15) is 4.98 Å². The fourth-order valence-corrected chi connectivity index (χ4v) is 4.48. The number of hydrogen-bond acceptors (Lipinski definition) is 6. The van der Waals surface area contributed by atoms with Gasteiger partial charge in [-0.1, -0.05) is 65.3 Å². The summed E-state index contributed by atoms with van der Waals surface area (Å²) in [5.41, 5.74) is 4.01. The van der Waals surface area contributed by atoms with Gasteiger partial charge in [-0.3, -0.25) is 4.79 Å². The van der Waals surface area contributed by atoms with Crippen molar-refractivity contribution in [3.8, 4) is 22.8 Å². The molecular weight excluding hydrogens is 438 g/mol. The highest BCUT2D eigenvalue weighted by Gasteiger charge is 2.28. The highest BCUT2D eigenvalue weighted by atomic mass is 16.5. The maximum atomic E-state index is 12.9. The number of carbonyl (C=O) groups excluding carboxylic acids is 1. The predicted molar refractivity (Wildman–Crippen MR) is 136 cm³/mol. The number of anilines is 1. The van der Waals surface area contributed by atoms with Crippen molar-refractivity contribution in [3.05, 3.63) is 84.1 Å². The number of rotatable bonds is 6. The number of aryl methyl sites for hydroxylation is 1. The summed E-state index contributed by atoms with van der Waals surface area (Å²) in [6.07, 6.45) is 3.31. The summed E-state index contributed by atoms with van der Waals surface area (Å²) in [6, 6.07) is 21.9. The fraction of sp³-hybridized carbons (Fsp3) is 0.286. The first-order valence-electron chi connectivity index (χ1n) is 12.0. The fourth-order valence-electron chi connectivity index (χ4n) is 4.48. The molecule has 1 N–H and O–H groups in total. The molecule has 178 valence electrons. The maximum absolute atomic E-state index is 12.9. The van der Waals surface area contributed by atoms with Crippen LogP contribution in [0.25, 0.3) is 22.8 Å². The van der Waals surface area contributed by atoms with Crippen molar-refractivity contribution in [3.63, 3.8) is 0 Å². The molecule has 2 aromatic heterocycles. The number of amides is 1. The SMILES string of the molecule is Cc1ccc(-c2noc(-c3cccnc3N3CCC(C(=O)N[C@H](C)c4ccccc4)CC3)n2)cc1. The van der Waals surface area contributed by atoms with Crippen LogP contribution in [0.4, 0.5) is 5.82 Å². The molecule has 1 fully saturated rings. The number of hydrogen-bond donors (Lipinski definition) is 1. The molecule has 5 rings (SSSR count). The lowest BCUT2D eigenvalue weighted by Crippen LogP contribution is -2.41. The Balaban J connectivity index is 1.26. The second-order valence-corrected chi connectivity index (χ2v) is 9.07. The van der Waals surface area contributed by atoms with Crippen molar-refractivity contribution in [2.45, 2.75) is 32.7 Å². The second kappa shape index (κ2) is 10.1. The number of nitrogens with zero attached hydrogens (tertiary/aromatic N) is 4. The van der Waals surface area contributed by atoms with Gasteiger partial charge < -0.3 is 14.7 Å². The summed E-state index contributed by atoms with van der Waals surface area (Å²) in [4.78, 5) is 24.4. The Hall–Kier alpha value is -4.00. The van der Waals surface area contributed by atoms with E-state index in [-0.39, 0.29) is 17.9 Å². The van der Waals surface area contributed by atoms with Gasteiger partial charge in [-0.05, 0) is 44.4 Å². The van der Waals surface area contributed by atoms with Gasteiger partial charge in [0.25, 0.3) is 5.89 Å². The zero-order valence-electron chi connectivity index (χ0n) is 20.0. The number of piperidine rings is 1. The van der Waals surface area contributed by atoms with Gasteiger partial charge in [0, 0.05) is 30.8 Å². The van der Waals surface area contributed by atoms with Gasteiger partial charge in [0.15, 0.2) is 0 Å². The Kier molecular flexibility index (Phi) is 6.57. The molecule has 7 nitrogen and oxygen atoms in total. The van der Waals surface area contributed by atoms with Gasteiger partial charge >= 0.3 is 0 Å². The highest BCUT2D eigenvalue weighted by Crippen LogP contribution is 2.32. The molecule has 4 aromatic rings. The van der Waals surface area contributed by atoms with Crippen molar-refractivity contribution in [2.75, 3.05) is 18.0 Å². The van der Waals surface area contributed by atoms with Crippen LogP contribution in [0.15, 0.2) is 77.4 Å². The molecule has 0 bridgehead atoms. The third-order valence-electron chi connectivity index (χ3n) is 6.58. The van der Waals surface area contributed by atoms with E-state index in [2.05, 4.69) is 25.3 Å². The van der Waals surface area contributed by atoms with Crippen LogP contribution >= 0.6 is 0 Å². The minimum Gasteiger partial charge on any atom is -0.356 e. The maximum Gasteiger partial charge on any atom is 0.261 e. The summed E-state index contributed by atoms with van der Waals surface area (Å²) in [7, 11) is 0. The van der Waals surface area contributed by atoms with Crippen molar-refractivity contribution >= 4 is 11.7 Å². The molecule has 0 radical (unpaired) electrons. The van der Waals surface area contributed by atoms with Gasteiger partial charge in [-0.25, -0.2) is 4.98 Å². The van der Waals surface area contributed by atoms with E-state index in [9.17, 15) is 4.79 Å². The minimum absolute atomic E-state index is 0.00984. The van der Waals surface area contributed by atoms with Gasteiger partial charge in [0.2, 0.25) is 11.7 Å².